The van der Waals surface area contributed by atoms with E-state index >= 15 is 0 Å². The van der Waals surface area contributed by atoms with Gasteiger partial charge in [0.25, 0.3) is 11.8 Å². The first-order valence-corrected chi connectivity index (χ1v) is 22.7. The van der Waals surface area contributed by atoms with Crippen molar-refractivity contribution in [3.05, 3.63) is 183 Å². The summed E-state index contributed by atoms with van der Waals surface area (Å²) >= 11 is 3.47. The number of halogens is 1. The van der Waals surface area contributed by atoms with Gasteiger partial charge in [-0.3, -0.25) is 19.4 Å². The summed E-state index contributed by atoms with van der Waals surface area (Å²) in [7, 11) is 5.24. The number of ether oxygens (including phenoxy) is 4. The molecule has 0 saturated carbocycles. The van der Waals surface area contributed by atoms with Crippen LogP contribution in [0.25, 0.3) is 11.1 Å². The van der Waals surface area contributed by atoms with Gasteiger partial charge < -0.3 is 40.5 Å². The summed E-state index contributed by atoms with van der Waals surface area (Å²) in [5.74, 6) is 1.53. The highest BCUT2D eigenvalue weighted by Gasteiger charge is 2.55. The monoisotopic (exact) mass is 978 g/mol. The molecule has 2 spiro atoms. The number of nitrogens with zero attached hydrogens (tertiary/aromatic N) is 4. The number of benzene rings is 6. The SMILES string of the molecule is CN1C(=O)C2(CC(c3ccccc3)Oc3ccc(Br)cc32)N=C1N.COCc1ccc(-c2ccc3c(c2)C2(CC(c4ccccc4)O3)N=C(N)N(C)C2=O)cc1.COCc1ccc(B(O)O)cc1. The average molecular weight is 980 g/mol. The highest BCUT2D eigenvalue weighted by Crippen LogP contribution is 2.52. The fraction of sp³-hybridized carbons (Fsp3) is 0.231. The second kappa shape index (κ2) is 20.2. The van der Waals surface area contributed by atoms with Crippen LogP contribution < -0.4 is 26.4 Å². The lowest BCUT2D eigenvalue weighted by atomic mass is 9.79. The number of guanidine groups is 2. The zero-order valence-corrected chi connectivity index (χ0v) is 39.7. The Labute approximate surface area is 404 Å². The standard InChI is InChI=1S/C26H25N3O3.C18H16BrN3O2.C8H11BO3/c1-29-24(30)26(28-25(29)27)15-23(19-6-4-3-5-7-19)32-22-13-12-20(14-21(22)26)18-10-8-17(9-11-18)16-31-2;1-22-16(23)18(21-17(22)20)10-15(11-5-3-2-4-6-11)24-14-8-7-12(19)9-13(14)18;1-12-6-7-2-4-8(5-3-7)9(10)11/h3-14,23H,15-16H2,1-2H3,(H2,27,28);2-9,15H,10H2,1H3,(H2,20,21);2-5,10-11H,6H2,1H3. The van der Waals surface area contributed by atoms with E-state index in [0.717, 1.165) is 49.0 Å². The lowest BCUT2D eigenvalue weighted by Gasteiger charge is -2.37. The number of hydrogen-bond acceptors (Lipinski definition) is 12. The van der Waals surface area contributed by atoms with Gasteiger partial charge in [-0.25, -0.2) is 9.98 Å². The van der Waals surface area contributed by atoms with Crippen molar-refractivity contribution in [3.8, 4) is 22.6 Å². The molecule has 0 radical (unpaired) electrons. The Hall–Kier alpha value is -6.82. The number of carbonyl (C=O) groups is 2. The summed E-state index contributed by atoms with van der Waals surface area (Å²) in [5, 5.41) is 17.5. The maximum Gasteiger partial charge on any atom is 0.488 e. The predicted molar refractivity (Wildman–Crippen MR) is 265 cm³/mol. The highest BCUT2D eigenvalue weighted by atomic mass is 79.9. The lowest BCUT2D eigenvalue weighted by molar-refractivity contribution is -0.133. The zero-order valence-electron chi connectivity index (χ0n) is 38.1. The molecule has 6 aromatic carbocycles. The molecule has 4 unspecified atom stereocenters. The second-order valence-corrected chi connectivity index (χ2v) is 17.8. The smallest absolute Gasteiger partial charge is 0.485 e. The van der Waals surface area contributed by atoms with Gasteiger partial charge in [0.2, 0.25) is 0 Å². The van der Waals surface area contributed by atoms with Crippen molar-refractivity contribution < 1.29 is 38.6 Å². The summed E-state index contributed by atoms with van der Waals surface area (Å²) in [6.45, 7) is 1.11. The van der Waals surface area contributed by atoms with Crippen molar-refractivity contribution in [1.82, 2.24) is 9.80 Å². The normalized spacial score (nSPS) is 21.0. The number of fused-ring (bicyclic) bond motifs is 4. The van der Waals surface area contributed by atoms with Crippen molar-refractivity contribution in [3.63, 3.8) is 0 Å². The quantitative estimate of drug-likeness (QED) is 0.123. The molecule has 6 N–H and O–H groups in total. The molecule has 0 aliphatic carbocycles. The summed E-state index contributed by atoms with van der Waals surface area (Å²) in [4.78, 5) is 38.6. The van der Waals surface area contributed by atoms with Crippen LogP contribution in [0.1, 0.15) is 58.4 Å². The molecule has 4 aliphatic heterocycles. The first kappa shape index (κ1) is 47.7. The first-order chi connectivity index (χ1) is 32.8. The van der Waals surface area contributed by atoms with Crippen molar-refractivity contribution in [2.24, 2.45) is 21.5 Å². The summed E-state index contributed by atoms with van der Waals surface area (Å²) in [5.41, 5.74) is 18.1. The number of amides is 2. The second-order valence-electron chi connectivity index (χ2n) is 16.9. The largest absolute Gasteiger partial charge is 0.488 e. The molecule has 0 bridgehead atoms. The Kier molecular flexibility index (Phi) is 14.2. The molecule has 0 aromatic heterocycles. The fourth-order valence-corrected chi connectivity index (χ4v) is 9.21. The highest BCUT2D eigenvalue weighted by molar-refractivity contribution is 9.10. The van der Waals surface area contributed by atoms with Crippen molar-refractivity contribution >= 4 is 52.2 Å². The maximum absolute atomic E-state index is 13.5. The van der Waals surface area contributed by atoms with Gasteiger partial charge >= 0.3 is 7.12 Å². The third kappa shape index (κ3) is 9.51. The van der Waals surface area contributed by atoms with Gasteiger partial charge in [0.15, 0.2) is 23.0 Å². The molecule has 0 fully saturated rings. The molecule has 4 aliphatic rings. The van der Waals surface area contributed by atoms with E-state index in [1.54, 1.807) is 52.6 Å². The summed E-state index contributed by atoms with van der Waals surface area (Å²) in [6.07, 6.45) is 0.260. The molecule has 68 heavy (non-hydrogen) atoms. The summed E-state index contributed by atoms with van der Waals surface area (Å²) < 4.78 is 23.5. The Morgan fingerprint density at radius 3 is 1.49 bits per heavy atom. The molecular weight excluding hydrogens is 927 g/mol. The topological polar surface area (TPSA) is 195 Å². The van der Waals surface area contributed by atoms with Crippen LogP contribution in [0.2, 0.25) is 0 Å². The van der Waals surface area contributed by atoms with E-state index in [9.17, 15) is 9.59 Å². The van der Waals surface area contributed by atoms with Crippen LogP contribution in [-0.4, -0.2) is 79.0 Å². The van der Waals surface area contributed by atoms with Crippen LogP contribution in [0, 0.1) is 0 Å². The number of methoxy groups -OCH3 is 2. The van der Waals surface area contributed by atoms with Gasteiger partial charge in [0.05, 0.1) is 13.2 Å². The van der Waals surface area contributed by atoms with Crippen molar-refractivity contribution in [1.29, 1.82) is 0 Å². The van der Waals surface area contributed by atoms with E-state index in [1.165, 1.54) is 9.80 Å². The number of aliphatic imine (C=N–C) groups is 2. The molecule has 0 saturated heterocycles. The lowest BCUT2D eigenvalue weighted by Crippen LogP contribution is -2.43. The van der Waals surface area contributed by atoms with Crippen molar-refractivity contribution in [2.75, 3.05) is 28.3 Å². The maximum atomic E-state index is 13.5. The molecule has 6 aromatic rings. The number of likely N-dealkylation sites (N-methyl/N-ethyl adjacent to an activating group) is 2. The molecule has 4 heterocycles. The van der Waals surface area contributed by atoms with Gasteiger partial charge in [-0.05, 0) is 69.2 Å². The minimum atomic E-state index is -1.39. The Bertz CT molecular complexity index is 2840. The zero-order chi connectivity index (χ0) is 48.2. The molecule has 10 rings (SSSR count). The van der Waals surface area contributed by atoms with Gasteiger partial charge in [0.1, 0.15) is 23.7 Å². The third-order valence-corrected chi connectivity index (χ3v) is 13.0. The van der Waals surface area contributed by atoms with Crippen LogP contribution in [0.4, 0.5) is 0 Å². The fourth-order valence-electron chi connectivity index (χ4n) is 8.85. The molecule has 348 valence electrons. The number of rotatable bonds is 8. The van der Waals surface area contributed by atoms with E-state index in [-0.39, 0.29) is 35.9 Å². The molecular formula is C52H52BBrN6O8. The molecule has 14 nitrogen and oxygen atoms in total. The first-order valence-electron chi connectivity index (χ1n) is 21.9. The molecule has 2 amide bonds. The Morgan fingerprint density at radius 2 is 1.06 bits per heavy atom. The van der Waals surface area contributed by atoms with E-state index in [4.69, 9.17) is 45.5 Å². The van der Waals surface area contributed by atoms with E-state index in [1.807, 2.05) is 109 Å². The predicted octanol–water partition coefficient (Wildman–Crippen LogP) is 6.47. The van der Waals surface area contributed by atoms with E-state index in [2.05, 4.69) is 33.1 Å². The third-order valence-electron chi connectivity index (χ3n) is 12.5. The van der Waals surface area contributed by atoms with Crippen LogP contribution in [-0.2, 0) is 43.4 Å². The minimum absolute atomic E-state index is 0.122. The summed E-state index contributed by atoms with van der Waals surface area (Å²) in [6, 6.07) is 46.5. The molecule has 16 heteroatoms. The minimum Gasteiger partial charge on any atom is -0.485 e. The van der Waals surface area contributed by atoms with Crippen molar-refractivity contribution in [2.45, 2.75) is 49.3 Å². The average Bonchev–Trinajstić information content (AvgIpc) is 3.70. The number of carbonyl (C=O) groups excluding carboxylic acids is 2. The number of nitrogens with two attached hydrogens (primary N) is 2. The Balaban J connectivity index is 0.000000152. The van der Waals surface area contributed by atoms with Crippen LogP contribution in [0.5, 0.6) is 11.5 Å². The van der Waals surface area contributed by atoms with Crippen LogP contribution in [0.15, 0.2) is 160 Å². The van der Waals surface area contributed by atoms with Gasteiger partial charge in [-0.2, -0.15) is 0 Å². The number of hydrogen-bond donors (Lipinski definition) is 4. The van der Waals surface area contributed by atoms with E-state index < -0.39 is 18.2 Å². The van der Waals surface area contributed by atoms with Gasteiger partial charge in [-0.1, -0.05) is 131 Å². The molecule has 4 atom stereocenters. The van der Waals surface area contributed by atoms with E-state index in [0.29, 0.717) is 43.0 Å². The van der Waals surface area contributed by atoms with Gasteiger partial charge in [-0.15, -0.1) is 0 Å². The van der Waals surface area contributed by atoms with Crippen LogP contribution in [0.3, 0.4) is 0 Å². The van der Waals surface area contributed by atoms with Gasteiger partial charge in [0, 0.05) is 56.8 Å². The Morgan fingerprint density at radius 1 is 0.632 bits per heavy atom. The van der Waals surface area contributed by atoms with Crippen LogP contribution >= 0.6 is 15.9 Å².